The topological polar surface area (TPSA) is 517 Å². The van der Waals surface area contributed by atoms with E-state index in [4.69, 9.17) is 47.4 Å². The molecule has 5 aliphatic rings. The van der Waals surface area contributed by atoms with Crippen molar-refractivity contribution < 1.29 is 155 Å². The third kappa shape index (κ3) is 12.2. The molecule has 5 saturated heterocycles. The Hall–Kier alpha value is -1.24. The maximum absolute atomic E-state index is 11.2. The Morgan fingerprint density at radius 3 is 0.881 bits per heavy atom. The molecule has 0 amide bonds. The lowest BCUT2D eigenvalue weighted by molar-refractivity contribution is -0.394. The van der Waals surface area contributed by atoms with Gasteiger partial charge in [0.25, 0.3) is 0 Å². The van der Waals surface area contributed by atoms with E-state index in [1.807, 2.05) is 0 Å². The molecule has 0 aliphatic carbocycles. The standard InChI is InChI=1S/C36H64O31/c37-1-8(44)15(46)27(9(45)2-38)63-33-23(54)18(49)29(11(4-40)59-33)65-35-25(56)20(51)31(13(6-42)61-35)67-36-26(57)21(52)30(14(7-43)62-36)66-34-24(55)19(50)28(12(5-41)60-34)64-32-22(53)17(48)16(47)10(3-39)58-32/h8-57H,1-7H2/t8-,9+,10+,11+,12+,13+,14+,15+,16+,17-,18+,19+,20+,21+,22+,23+,24+,25+,26+,27+,28+,29+,30+,31+,32-,33-,34-,35-,36-/m0/s1. The minimum atomic E-state index is -2.19. The van der Waals surface area contributed by atoms with Crippen molar-refractivity contribution in [1.82, 2.24) is 0 Å². The summed E-state index contributed by atoms with van der Waals surface area (Å²) < 4.78 is 55.2. The van der Waals surface area contributed by atoms with Crippen LogP contribution in [0.3, 0.4) is 0 Å². The predicted molar refractivity (Wildman–Crippen MR) is 201 cm³/mol. The largest absolute Gasteiger partial charge is 0.394 e. The second-order valence-electron chi connectivity index (χ2n) is 16.5. The van der Waals surface area contributed by atoms with Crippen LogP contribution in [-0.2, 0) is 47.4 Å². The summed E-state index contributed by atoms with van der Waals surface area (Å²) in [7, 11) is 0. The van der Waals surface area contributed by atoms with Gasteiger partial charge in [-0.15, -0.1) is 0 Å². The second kappa shape index (κ2) is 24.9. The minimum absolute atomic E-state index is 0.833. The van der Waals surface area contributed by atoms with Gasteiger partial charge in [0.1, 0.15) is 146 Å². The molecular weight excluding hydrogens is 928 g/mol. The van der Waals surface area contributed by atoms with Gasteiger partial charge in [0.2, 0.25) is 0 Å². The van der Waals surface area contributed by atoms with Gasteiger partial charge in [0, 0.05) is 0 Å². The number of hydrogen-bond donors (Lipinski definition) is 21. The molecule has 0 radical (unpaired) electrons. The predicted octanol–water partition coefficient (Wildman–Crippen LogP) is -14.5. The van der Waals surface area contributed by atoms with E-state index in [1.54, 1.807) is 0 Å². The highest BCUT2D eigenvalue weighted by Gasteiger charge is 2.57. The first-order chi connectivity index (χ1) is 31.7. The molecule has 0 bridgehead atoms. The highest BCUT2D eigenvalue weighted by Crippen LogP contribution is 2.36. The minimum Gasteiger partial charge on any atom is -0.394 e. The molecule has 29 atom stereocenters. The van der Waals surface area contributed by atoms with Gasteiger partial charge in [0.05, 0.1) is 46.2 Å². The fourth-order valence-corrected chi connectivity index (χ4v) is 8.12. The van der Waals surface area contributed by atoms with E-state index in [9.17, 15) is 107 Å². The van der Waals surface area contributed by atoms with Crippen LogP contribution in [0, 0.1) is 0 Å². The van der Waals surface area contributed by atoms with Crippen molar-refractivity contribution in [2.75, 3.05) is 46.2 Å². The quantitative estimate of drug-likeness (QED) is 0.0538. The Morgan fingerprint density at radius 2 is 0.582 bits per heavy atom. The van der Waals surface area contributed by atoms with Gasteiger partial charge in [-0.05, 0) is 0 Å². The Bertz CT molecular complexity index is 1450. The lowest BCUT2D eigenvalue weighted by Gasteiger charge is -2.49. The van der Waals surface area contributed by atoms with Gasteiger partial charge in [-0.1, -0.05) is 0 Å². The molecule has 31 nitrogen and oxygen atoms in total. The van der Waals surface area contributed by atoms with Crippen LogP contribution < -0.4 is 0 Å². The molecule has 0 aromatic heterocycles. The van der Waals surface area contributed by atoms with E-state index in [0.29, 0.717) is 0 Å². The van der Waals surface area contributed by atoms with Gasteiger partial charge in [0.15, 0.2) is 31.5 Å². The van der Waals surface area contributed by atoms with Crippen LogP contribution in [-0.4, -0.2) is 331 Å². The summed E-state index contributed by atoms with van der Waals surface area (Å²) in [4.78, 5) is 0. The first kappa shape index (κ1) is 56.7. The first-order valence-electron chi connectivity index (χ1n) is 21.1. The van der Waals surface area contributed by atoms with E-state index in [1.165, 1.54) is 0 Å². The summed E-state index contributed by atoms with van der Waals surface area (Å²) in [6, 6.07) is 0. The van der Waals surface area contributed by atoms with Crippen LogP contribution in [0.1, 0.15) is 0 Å². The van der Waals surface area contributed by atoms with E-state index in [2.05, 4.69) is 0 Å². The molecule has 394 valence electrons. The number of rotatable bonds is 20. The molecule has 0 saturated carbocycles. The third-order valence-electron chi connectivity index (χ3n) is 12.1. The summed E-state index contributed by atoms with van der Waals surface area (Å²) in [6.45, 7) is -6.97. The molecule has 5 heterocycles. The van der Waals surface area contributed by atoms with E-state index in [0.717, 1.165) is 0 Å². The Labute approximate surface area is 378 Å². The SMILES string of the molecule is OC[C@@H](O)[C@@H](O[C@@H]1O[C@H](CO)[C@@H](O[C@@H]2O[C@H](CO)[C@@H](O[C@@H]3O[C@H](CO)[C@@H](O[C@@H]4O[C@H](CO)[C@@H](O[C@@H]5O[C@H](CO)[C@@H](O)[C@H](O)[C@H]5O)[C@H](O)[C@H]4O)[C@H](O)[C@H]3O)[C@H](O)[C@H]2O)[C@H](O)[C@H]1O)[C@H](O)[C@@H](O)CO. The van der Waals surface area contributed by atoms with Crippen molar-refractivity contribution in [3.63, 3.8) is 0 Å². The van der Waals surface area contributed by atoms with Gasteiger partial charge in [-0.25, -0.2) is 0 Å². The lowest BCUT2D eigenvalue weighted by atomic mass is 9.95. The highest BCUT2D eigenvalue weighted by molar-refractivity contribution is 4.99. The zero-order valence-corrected chi connectivity index (χ0v) is 35.2. The maximum Gasteiger partial charge on any atom is 0.187 e. The van der Waals surface area contributed by atoms with Crippen molar-refractivity contribution in [2.45, 2.75) is 178 Å². The molecule has 31 heteroatoms. The van der Waals surface area contributed by atoms with E-state index >= 15 is 0 Å². The summed E-state index contributed by atoms with van der Waals surface area (Å²) >= 11 is 0. The van der Waals surface area contributed by atoms with Gasteiger partial charge in [-0.3, -0.25) is 0 Å². The molecule has 0 spiro atoms. The normalized spacial score (nSPS) is 48.4. The van der Waals surface area contributed by atoms with Crippen LogP contribution in [0.2, 0.25) is 0 Å². The van der Waals surface area contributed by atoms with Crippen molar-refractivity contribution in [1.29, 1.82) is 0 Å². The zero-order valence-electron chi connectivity index (χ0n) is 35.2. The maximum atomic E-state index is 11.2. The molecule has 5 aliphatic heterocycles. The van der Waals surface area contributed by atoms with Crippen LogP contribution in [0.25, 0.3) is 0 Å². The van der Waals surface area contributed by atoms with Gasteiger partial charge >= 0.3 is 0 Å². The molecule has 67 heavy (non-hydrogen) atoms. The molecule has 5 fully saturated rings. The van der Waals surface area contributed by atoms with Gasteiger partial charge < -0.3 is 155 Å². The van der Waals surface area contributed by atoms with Gasteiger partial charge in [-0.2, -0.15) is 0 Å². The fourth-order valence-electron chi connectivity index (χ4n) is 8.12. The average Bonchev–Trinajstić information content (AvgIpc) is 3.33. The molecule has 5 rings (SSSR count). The molecular formula is C36H64O31. The Balaban J connectivity index is 1.22. The second-order valence-corrected chi connectivity index (χ2v) is 16.5. The monoisotopic (exact) mass is 992 g/mol. The number of ether oxygens (including phenoxy) is 10. The molecule has 0 unspecified atom stereocenters. The number of hydrogen-bond acceptors (Lipinski definition) is 31. The van der Waals surface area contributed by atoms with Crippen molar-refractivity contribution in [2.24, 2.45) is 0 Å². The summed E-state index contributed by atoms with van der Waals surface area (Å²) in [5, 5.41) is 218. The fraction of sp³-hybridized carbons (Fsp3) is 1.00. The van der Waals surface area contributed by atoms with Crippen LogP contribution in [0.4, 0.5) is 0 Å². The summed E-state index contributed by atoms with van der Waals surface area (Å²) in [5.41, 5.74) is 0. The van der Waals surface area contributed by atoms with Crippen LogP contribution in [0.5, 0.6) is 0 Å². The smallest absolute Gasteiger partial charge is 0.187 e. The lowest BCUT2D eigenvalue weighted by Crippen LogP contribution is -2.68. The van der Waals surface area contributed by atoms with Crippen molar-refractivity contribution in [3.8, 4) is 0 Å². The zero-order chi connectivity index (χ0) is 49.8. The first-order valence-corrected chi connectivity index (χ1v) is 21.1. The molecule has 0 aromatic rings. The van der Waals surface area contributed by atoms with E-state index in [-0.39, 0.29) is 0 Å². The van der Waals surface area contributed by atoms with E-state index < -0.39 is 224 Å². The van der Waals surface area contributed by atoms with Crippen molar-refractivity contribution >= 4 is 0 Å². The highest BCUT2D eigenvalue weighted by atomic mass is 16.8. The number of aliphatic hydroxyl groups excluding tert-OH is 21. The Kier molecular flexibility index (Phi) is 21.1. The molecule has 0 aromatic carbocycles. The summed E-state index contributed by atoms with van der Waals surface area (Å²) in [6.07, 6.45) is -56.0. The third-order valence-corrected chi connectivity index (χ3v) is 12.1. The Morgan fingerprint density at radius 1 is 0.313 bits per heavy atom. The molecule has 21 N–H and O–H groups in total. The average molecular weight is 993 g/mol. The summed E-state index contributed by atoms with van der Waals surface area (Å²) in [5.74, 6) is 0. The van der Waals surface area contributed by atoms with Crippen molar-refractivity contribution in [3.05, 3.63) is 0 Å². The van der Waals surface area contributed by atoms with Crippen LogP contribution >= 0.6 is 0 Å². The number of aliphatic hydroxyl groups is 21. The van der Waals surface area contributed by atoms with Crippen LogP contribution in [0.15, 0.2) is 0 Å².